The molecule has 0 saturated carbocycles. The number of carbonyl (C=O) groups is 2. The van der Waals surface area contributed by atoms with Crippen molar-refractivity contribution in [2.24, 2.45) is 0 Å². The molecule has 3 heterocycles. The number of aryl methyl sites for hydroxylation is 1. The van der Waals surface area contributed by atoms with Crippen LogP contribution < -0.4 is 5.32 Å². The van der Waals surface area contributed by atoms with Gasteiger partial charge in [0.1, 0.15) is 0 Å². The Morgan fingerprint density at radius 3 is 2.34 bits per heavy atom. The van der Waals surface area contributed by atoms with Crippen molar-refractivity contribution in [2.45, 2.75) is 13.0 Å². The number of hydrogen-bond donors (Lipinski definition) is 3. The van der Waals surface area contributed by atoms with Crippen molar-refractivity contribution in [3.8, 4) is 0 Å². The van der Waals surface area contributed by atoms with E-state index in [-0.39, 0.29) is 11.8 Å². The number of benzene rings is 2. The third-order valence-electron chi connectivity index (χ3n) is 5.40. The van der Waals surface area contributed by atoms with E-state index in [4.69, 9.17) is 0 Å². The molecule has 2 aromatic carbocycles. The van der Waals surface area contributed by atoms with Crippen molar-refractivity contribution in [3.63, 3.8) is 0 Å². The van der Waals surface area contributed by atoms with Crippen molar-refractivity contribution < 1.29 is 9.59 Å². The molecule has 2 aromatic heterocycles. The van der Waals surface area contributed by atoms with Crippen LogP contribution in [-0.2, 0) is 16.1 Å². The molecule has 0 bridgehead atoms. The summed E-state index contributed by atoms with van der Waals surface area (Å²) in [6, 6.07) is 15.8. The maximum Gasteiger partial charge on any atom is 0.259 e. The maximum absolute atomic E-state index is 12.9. The van der Waals surface area contributed by atoms with Crippen LogP contribution in [0.1, 0.15) is 17.5 Å². The molecule has 0 unspecified atom stereocenters. The van der Waals surface area contributed by atoms with Gasteiger partial charge in [0.2, 0.25) is 0 Å². The standard InChI is InChI=1S/C23H19N3O2S/c27-22-20(16-12-24-18-8-3-1-6-14(16)18)21(23(28)25-22)17-13-26(10-5-11-29)19-9-4-2-7-15(17)19/h1-4,6-9,12-13,24,29H,5,10-11H2,(H,25,27,28). The second-order valence-corrected chi connectivity index (χ2v) is 7.56. The quantitative estimate of drug-likeness (QED) is 0.349. The van der Waals surface area contributed by atoms with Crippen LogP contribution in [0.3, 0.4) is 0 Å². The molecular formula is C23H19N3O2S. The first kappa shape index (κ1) is 17.8. The van der Waals surface area contributed by atoms with Crippen LogP contribution in [0, 0.1) is 0 Å². The number of nitrogens with zero attached hydrogens (tertiary/aromatic N) is 1. The summed E-state index contributed by atoms with van der Waals surface area (Å²) in [6.07, 6.45) is 4.70. The predicted molar refractivity (Wildman–Crippen MR) is 119 cm³/mol. The number of aromatic amines is 1. The van der Waals surface area contributed by atoms with E-state index in [9.17, 15) is 9.59 Å². The molecule has 144 valence electrons. The number of hydrogen-bond acceptors (Lipinski definition) is 3. The molecule has 4 aromatic rings. The lowest BCUT2D eigenvalue weighted by atomic mass is 9.95. The van der Waals surface area contributed by atoms with Crippen molar-refractivity contribution in [3.05, 3.63) is 72.1 Å². The highest BCUT2D eigenvalue weighted by Gasteiger charge is 2.34. The van der Waals surface area contributed by atoms with E-state index in [1.807, 2.05) is 54.7 Å². The van der Waals surface area contributed by atoms with Gasteiger partial charge in [-0.15, -0.1) is 0 Å². The Morgan fingerprint density at radius 2 is 1.55 bits per heavy atom. The highest BCUT2D eigenvalue weighted by molar-refractivity contribution is 7.80. The van der Waals surface area contributed by atoms with Gasteiger partial charge in [-0.3, -0.25) is 14.9 Å². The summed E-state index contributed by atoms with van der Waals surface area (Å²) in [5.41, 5.74) is 4.35. The van der Waals surface area contributed by atoms with Crippen molar-refractivity contribution >= 4 is 57.4 Å². The summed E-state index contributed by atoms with van der Waals surface area (Å²) < 4.78 is 2.14. The molecule has 6 heteroatoms. The van der Waals surface area contributed by atoms with Gasteiger partial charge in [0.15, 0.2) is 0 Å². The third-order valence-corrected chi connectivity index (χ3v) is 5.72. The SMILES string of the molecule is O=C1NC(=O)C(c2cn(CCCS)c3ccccc23)=C1c1c[nH]c2ccccc12. The highest BCUT2D eigenvalue weighted by atomic mass is 32.1. The Kier molecular flexibility index (Phi) is 4.28. The van der Waals surface area contributed by atoms with Crippen LogP contribution in [-0.4, -0.2) is 27.1 Å². The monoisotopic (exact) mass is 401 g/mol. The third kappa shape index (κ3) is 2.79. The molecule has 2 amide bonds. The molecule has 0 spiro atoms. The van der Waals surface area contributed by atoms with Gasteiger partial charge >= 0.3 is 0 Å². The Labute approximate surface area is 172 Å². The first-order chi connectivity index (χ1) is 14.2. The zero-order valence-corrected chi connectivity index (χ0v) is 16.5. The van der Waals surface area contributed by atoms with Crippen LogP contribution in [0.15, 0.2) is 60.9 Å². The Bertz CT molecular complexity index is 1310. The average Bonchev–Trinajstić information content (AvgIpc) is 3.39. The van der Waals surface area contributed by atoms with Gasteiger partial charge in [-0.1, -0.05) is 36.4 Å². The summed E-state index contributed by atoms with van der Waals surface area (Å²) >= 11 is 4.32. The minimum absolute atomic E-state index is 0.354. The summed E-state index contributed by atoms with van der Waals surface area (Å²) in [4.78, 5) is 28.9. The fourth-order valence-corrected chi connectivity index (χ4v) is 4.26. The van der Waals surface area contributed by atoms with E-state index < -0.39 is 0 Å². The van der Waals surface area contributed by atoms with Gasteiger partial charge in [0, 0.05) is 51.9 Å². The molecule has 5 rings (SSSR count). The number of fused-ring (bicyclic) bond motifs is 2. The van der Waals surface area contributed by atoms with Gasteiger partial charge in [-0.05, 0) is 24.3 Å². The van der Waals surface area contributed by atoms with Crippen molar-refractivity contribution in [1.82, 2.24) is 14.9 Å². The van der Waals surface area contributed by atoms with E-state index in [0.29, 0.717) is 11.1 Å². The molecule has 2 N–H and O–H groups in total. The fourth-order valence-electron chi connectivity index (χ4n) is 4.12. The van der Waals surface area contributed by atoms with Crippen LogP contribution in [0.5, 0.6) is 0 Å². The maximum atomic E-state index is 12.9. The molecule has 0 saturated heterocycles. The summed E-state index contributed by atoms with van der Waals surface area (Å²) in [5, 5.41) is 4.38. The van der Waals surface area contributed by atoms with Crippen LogP contribution in [0.25, 0.3) is 33.0 Å². The minimum atomic E-state index is -0.359. The number of amides is 2. The van der Waals surface area contributed by atoms with Gasteiger partial charge in [-0.25, -0.2) is 0 Å². The molecular weight excluding hydrogens is 382 g/mol. The zero-order valence-electron chi connectivity index (χ0n) is 15.6. The lowest BCUT2D eigenvalue weighted by molar-refractivity contribution is -0.122. The number of aromatic nitrogens is 2. The summed E-state index contributed by atoms with van der Waals surface area (Å²) in [5.74, 6) is 0.0683. The molecule has 1 aliphatic rings. The van der Waals surface area contributed by atoms with E-state index in [1.165, 1.54) is 0 Å². The first-order valence-electron chi connectivity index (χ1n) is 9.54. The largest absolute Gasteiger partial charge is 0.361 e. The molecule has 29 heavy (non-hydrogen) atoms. The van der Waals surface area contributed by atoms with E-state index >= 15 is 0 Å². The Morgan fingerprint density at radius 1 is 0.862 bits per heavy atom. The summed E-state index contributed by atoms with van der Waals surface area (Å²) in [6.45, 7) is 0.801. The van der Waals surface area contributed by atoms with E-state index in [2.05, 4.69) is 27.5 Å². The van der Waals surface area contributed by atoms with Crippen molar-refractivity contribution in [2.75, 3.05) is 5.75 Å². The highest BCUT2D eigenvalue weighted by Crippen LogP contribution is 2.38. The number of nitrogens with one attached hydrogen (secondary N) is 2. The molecule has 5 nitrogen and oxygen atoms in total. The Balaban J connectivity index is 1.79. The normalized spacial score (nSPS) is 14.4. The molecule has 0 fully saturated rings. The number of rotatable bonds is 5. The average molecular weight is 401 g/mol. The van der Waals surface area contributed by atoms with E-state index in [1.54, 1.807) is 6.20 Å². The van der Waals surface area contributed by atoms with Crippen LogP contribution in [0.4, 0.5) is 0 Å². The van der Waals surface area contributed by atoms with Crippen LogP contribution in [0.2, 0.25) is 0 Å². The lowest BCUT2D eigenvalue weighted by Crippen LogP contribution is -2.22. The summed E-state index contributed by atoms with van der Waals surface area (Å²) in [7, 11) is 0. The second-order valence-electron chi connectivity index (χ2n) is 7.11. The van der Waals surface area contributed by atoms with Gasteiger partial charge < -0.3 is 9.55 Å². The van der Waals surface area contributed by atoms with Gasteiger partial charge in [0.25, 0.3) is 11.8 Å². The topological polar surface area (TPSA) is 66.9 Å². The predicted octanol–water partition coefficient (Wildman–Crippen LogP) is 4.01. The number of thiol groups is 1. The smallest absolute Gasteiger partial charge is 0.259 e. The molecule has 0 aliphatic carbocycles. The van der Waals surface area contributed by atoms with E-state index in [0.717, 1.165) is 51.7 Å². The zero-order chi connectivity index (χ0) is 20.0. The molecule has 0 atom stereocenters. The number of H-pyrrole nitrogens is 1. The number of imide groups is 1. The van der Waals surface area contributed by atoms with Crippen molar-refractivity contribution in [1.29, 1.82) is 0 Å². The Hall–Kier alpha value is -3.25. The van der Waals surface area contributed by atoms with Crippen LogP contribution >= 0.6 is 12.6 Å². The molecule has 0 radical (unpaired) electrons. The first-order valence-corrected chi connectivity index (χ1v) is 10.2. The lowest BCUT2D eigenvalue weighted by Gasteiger charge is -2.03. The number of carbonyl (C=O) groups excluding carboxylic acids is 2. The van der Waals surface area contributed by atoms with Gasteiger partial charge in [0.05, 0.1) is 11.1 Å². The minimum Gasteiger partial charge on any atom is -0.361 e. The molecule has 1 aliphatic heterocycles. The number of para-hydroxylation sites is 2. The van der Waals surface area contributed by atoms with Gasteiger partial charge in [-0.2, -0.15) is 12.6 Å². The second kappa shape index (κ2) is 6.97. The fraction of sp³-hybridized carbons (Fsp3) is 0.130.